The number of rotatable bonds is 5. The second kappa shape index (κ2) is 5.80. The van der Waals surface area contributed by atoms with Crippen molar-refractivity contribution in [3.63, 3.8) is 0 Å². The maximum Gasteiger partial charge on any atom is 0.254 e. The van der Waals surface area contributed by atoms with Gasteiger partial charge in [-0.25, -0.2) is 0 Å². The summed E-state index contributed by atoms with van der Waals surface area (Å²) in [7, 11) is 0. The number of hydrogen-bond acceptors (Lipinski definition) is 2. The lowest BCUT2D eigenvalue weighted by atomic mass is 10.3. The molecule has 1 aromatic rings. The van der Waals surface area contributed by atoms with Crippen molar-refractivity contribution in [2.45, 2.75) is 12.8 Å². The van der Waals surface area contributed by atoms with Gasteiger partial charge in [0.15, 0.2) is 0 Å². The summed E-state index contributed by atoms with van der Waals surface area (Å²) in [5.74, 6) is -0.0664. The fourth-order valence-electron chi connectivity index (χ4n) is 0.917. The molecule has 0 radical (unpaired) electrons. The molecule has 0 aliphatic heterocycles. The van der Waals surface area contributed by atoms with Crippen molar-refractivity contribution < 1.29 is 9.21 Å². The molecule has 0 saturated carbocycles. The average Bonchev–Trinajstić information content (AvgIpc) is 2.65. The van der Waals surface area contributed by atoms with E-state index in [1.54, 1.807) is 6.07 Å². The largest absolute Gasteiger partial charge is 0.472 e. The van der Waals surface area contributed by atoms with Crippen LogP contribution in [0.5, 0.6) is 0 Å². The lowest BCUT2D eigenvalue weighted by Gasteiger charge is -2.01. The quantitative estimate of drug-likeness (QED) is 0.639. The van der Waals surface area contributed by atoms with Crippen LogP contribution in [0.15, 0.2) is 23.0 Å². The highest BCUT2D eigenvalue weighted by atomic mass is 79.9. The third-order valence-corrected chi connectivity index (χ3v) is 2.19. The van der Waals surface area contributed by atoms with E-state index in [9.17, 15) is 4.79 Å². The molecule has 1 aromatic heterocycles. The van der Waals surface area contributed by atoms with Crippen LogP contribution in [-0.2, 0) is 0 Å². The van der Waals surface area contributed by atoms with Crippen molar-refractivity contribution >= 4 is 21.8 Å². The molecule has 1 amide bonds. The van der Waals surface area contributed by atoms with E-state index in [-0.39, 0.29) is 5.91 Å². The Hall–Kier alpha value is -0.770. The Balaban J connectivity index is 2.19. The van der Waals surface area contributed by atoms with Gasteiger partial charge in [0.05, 0.1) is 11.8 Å². The summed E-state index contributed by atoms with van der Waals surface area (Å²) >= 11 is 3.33. The predicted molar refractivity (Wildman–Crippen MR) is 54.1 cm³/mol. The molecule has 4 heteroatoms. The first-order valence-corrected chi connectivity index (χ1v) is 5.33. The number of hydrogen-bond donors (Lipinski definition) is 1. The molecular formula is C9H12BrNO2. The summed E-state index contributed by atoms with van der Waals surface area (Å²) in [6, 6.07) is 1.65. The van der Waals surface area contributed by atoms with Crippen LogP contribution >= 0.6 is 15.9 Å². The molecule has 0 fully saturated rings. The number of unbranched alkanes of at least 4 members (excludes halogenated alkanes) is 1. The molecule has 0 aliphatic carbocycles. The van der Waals surface area contributed by atoms with Crippen LogP contribution in [0.4, 0.5) is 0 Å². The highest BCUT2D eigenvalue weighted by molar-refractivity contribution is 9.09. The van der Waals surface area contributed by atoms with Crippen molar-refractivity contribution in [3.8, 4) is 0 Å². The van der Waals surface area contributed by atoms with Crippen LogP contribution in [0.2, 0.25) is 0 Å². The number of alkyl halides is 1. The first kappa shape index (κ1) is 10.3. The molecule has 0 aliphatic rings. The smallest absolute Gasteiger partial charge is 0.254 e. The van der Waals surface area contributed by atoms with Crippen LogP contribution in [0.25, 0.3) is 0 Å². The van der Waals surface area contributed by atoms with E-state index in [0.29, 0.717) is 5.56 Å². The SMILES string of the molecule is O=C(NCCCCBr)c1ccoc1. The molecule has 0 bridgehead atoms. The number of halogens is 1. The third-order valence-electron chi connectivity index (χ3n) is 1.63. The summed E-state index contributed by atoms with van der Waals surface area (Å²) < 4.78 is 4.79. The van der Waals surface area contributed by atoms with Gasteiger partial charge in [0.25, 0.3) is 5.91 Å². The Morgan fingerprint density at radius 1 is 1.54 bits per heavy atom. The Morgan fingerprint density at radius 2 is 2.38 bits per heavy atom. The fraction of sp³-hybridized carbons (Fsp3) is 0.444. The van der Waals surface area contributed by atoms with Gasteiger partial charge in [-0.05, 0) is 18.9 Å². The highest BCUT2D eigenvalue weighted by Crippen LogP contribution is 1.99. The summed E-state index contributed by atoms with van der Waals surface area (Å²) in [4.78, 5) is 11.3. The molecule has 1 heterocycles. The predicted octanol–water partition coefficient (Wildman–Crippen LogP) is 2.18. The maximum atomic E-state index is 11.3. The van der Waals surface area contributed by atoms with Gasteiger partial charge in [-0.15, -0.1) is 0 Å². The van der Waals surface area contributed by atoms with Gasteiger partial charge in [0, 0.05) is 11.9 Å². The molecule has 13 heavy (non-hydrogen) atoms. The van der Waals surface area contributed by atoms with E-state index in [1.165, 1.54) is 12.5 Å². The number of furan rings is 1. The number of carbonyl (C=O) groups is 1. The van der Waals surface area contributed by atoms with E-state index in [4.69, 9.17) is 4.42 Å². The summed E-state index contributed by atoms with van der Waals surface area (Å²) in [6.45, 7) is 0.718. The van der Waals surface area contributed by atoms with E-state index < -0.39 is 0 Å². The van der Waals surface area contributed by atoms with Crippen LogP contribution in [0, 0.1) is 0 Å². The van der Waals surface area contributed by atoms with E-state index in [0.717, 1.165) is 24.7 Å². The third kappa shape index (κ3) is 3.63. The van der Waals surface area contributed by atoms with Crippen molar-refractivity contribution in [2.24, 2.45) is 0 Å². The minimum atomic E-state index is -0.0664. The number of nitrogens with one attached hydrogen (secondary N) is 1. The van der Waals surface area contributed by atoms with Crippen LogP contribution in [0.3, 0.4) is 0 Å². The highest BCUT2D eigenvalue weighted by Gasteiger charge is 2.04. The standard InChI is InChI=1S/C9H12BrNO2/c10-4-1-2-5-11-9(12)8-3-6-13-7-8/h3,6-7H,1-2,4-5H2,(H,11,12). The van der Waals surface area contributed by atoms with Crippen molar-refractivity contribution in [1.82, 2.24) is 5.32 Å². The second-order valence-corrected chi connectivity index (χ2v) is 3.46. The van der Waals surface area contributed by atoms with Gasteiger partial charge in [-0.2, -0.15) is 0 Å². The van der Waals surface area contributed by atoms with Crippen molar-refractivity contribution in [3.05, 3.63) is 24.2 Å². The van der Waals surface area contributed by atoms with Gasteiger partial charge >= 0.3 is 0 Å². The van der Waals surface area contributed by atoms with Gasteiger partial charge in [0.1, 0.15) is 6.26 Å². The Labute approximate surface area is 85.6 Å². The molecule has 72 valence electrons. The molecule has 1 rings (SSSR count). The Kier molecular flexibility index (Phi) is 4.60. The second-order valence-electron chi connectivity index (χ2n) is 2.66. The van der Waals surface area contributed by atoms with E-state index >= 15 is 0 Å². The molecule has 0 spiro atoms. The average molecular weight is 246 g/mol. The minimum Gasteiger partial charge on any atom is -0.472 e. The fourth-order valence-corrected chi connectivity index (χ4v) is 1.31. The monoisotopic (exact) mass is 245 g/mol. The molecule has 0 atom stereocenters. The summed E-state index contributed by atoms with van der Waals surface area (Å²) in [6.07, 6.45) is 5.01. The molecule has 1 N–H and O–H groups in total. The number of amides is 1. The van der Waals surface area contributed by atoms with Gasteiger partial charge < -0.3 is 9.73 Å². The van der Waals surface area contributed by atoms with E-state index in [2.05, 4.69) is 21.2 Å². The van der Waals surface area contributed by atoms with Crippen LogP contribution < -0.4 is 5.32 Å². The minimum absolute atomic E-state index is 0.0664. The zero-order valence-corrected chi connectivity index (χ0v) is 8.84. The maximum absolute atomic E-state index is 11.3. The zero-order chi connectivity index (χ0) is 9.52. The summed E-state index contributed by atoms with van der Waals surface area (Å²) in [5, 5.41) is 3.78. The summed E-state index contributed by atoms with van der Waals surface area (Å²) in [5.41, 5.74) is 0.582. The lowest BCUT2D eigenvalue weighted by molar-refractivity contribution is 0.0952. The first-order valence-electron chi connectivity index (χ1n) is 4.21. The zero-order valence-electron chi connectivity index (χ0n) is 7.25. The molecule has 0 saturated heterocycles. The van der Waals surface area contributed by atoms with Crippen molar-refractivity contribution in [1.29, 1.82) is 0 Å². The van der Waals surface area contributed by atoms with Crippen LogP contribution in [-0.4, -0.2) is 17.8 Å². The topological polar surface area (TPSA) is 42.2 Å². The number of carbonyl (C=O) groups excluding carboxylic acids is 1. The first-order chi connectivity index (χ1) is 6.34. The van der Waals surface area contributed by atoms with Crippen LogP contribution in [0.1, 0.15) is 23.2 Å². The van der Waals surface area contributed by atoms with Crippen molar-refractivity contribution in [2.75, 3.05) is 11.9 Å². The lowest BCUT2D eigenvalue weighted by Crippen LogP contribution is -2.23. The molecule has 3 nitrogen and oxygen atoms in total. The molecule has 0 unspecified atom stereocenters. The molecular weight excluding hydrogens is 234 g/mol. The Bertz CT molecular complexity index is 246. The molecule has 0 aromatic carbocycles. The normalized spacial score (nSPS) is 9.92. The van der Waals surface area contributed by atoms with Gasteiger partial charge in [-0.3, -0.25) is 4.79 Å². The van der Waals surface area contributed by atoms with Gasteiger partial charge in [0.2, 0.25) is 0 Å². The Morgan fingerprint density at radius 3 is 3.00 bits per heavy atom. The van der Waals surface area contributed by atoms with E-state index in [1.807, 2.05) is 0 Å². The van der Waals surface area contributed by atoms with Gasteiger partial charge in [-0.1, -0.05) is 15.9 Å².